The van der Waals surface area contributed by atoms with Crippen molar-refractivity contribution in [2.75, 3.05) is 0 Å². The zero-order valence-electron chi connectivity index (χ0n) is 39.7. The van der Waals surface area contributed by atoms with Crippen LogP contribution in [0.2, 0.25) is 21.3 Å². The van der Waals surface area contributed by atoms with Gasteiger partial charge in [0.1, 0.15) is 0 Å². The normalized spacial score (nSPS) is 29.6. The second-order valence-corrected chi connectivity index (χ2v) is 51.0. The fourth-order valence-electron chi connectivity index (χ4n) is 16.9. The third-order valence-corrected chi connectivity index (χ3v) is 64.6. The Morgan fingerprint density at radius 2 is 0.440 bits per heavy atom. The van der Waals surface area contributed by atoms with Gasteiger partial charge in [0, 0.05) is 0 Å². The molecule has 2 heterocycles. The summed E-state index contributed by atoms with van der Waals surface area (Å²) in [7, 11) is -5.03. The fraction of sp³-hybridized carbons (Fsp3) is 1.00. The van der Waals surface area contributed by atoms with Crippen molar-refractivity contribution in [2.24, 2.45) is 0 Å². The first-order valence-corrected chi connectivity index (χ1v) is 30.9. The number of hydrogen-bond acceptors (Lipinski definition) is 0. The maximum atomic E-state index is 8.19. The maximum Gasteiger partial charge on any atom is 0.327 e. The van der Waals surface area contributed by atoms with Crippen LogP contribution in [0.25, 0.3) is 0 Å². The van der Waals surface area contributed by atoms with E-state index in [-0.39, 0.29) is 22.9 Å². The van der Waals surface area contributed by atoms with Crippen LogP contribution < -0.4 is 0 Å². The monoisotopic (exact) mass is 813 g/mol. The van der Waals surface area contributed by atoms with Crippen molar-refractivity contribution in [3.63, 3.8) is 0 Å². The Bertz CT molecular complexity index is 976. The van der Waals surface area contributed by atoms with Crippen LogP contribution in [0.1, 0.15) is 194 Å². The Labute approximate surface area is 331 Å². The molecule has 0 unspecified atom stereocenters. The van der Waals surface area contributed by atoms with Gasteiger partial charge in [-0.15, -0.1) is 0 Å². The van der Waals surface area contributed by atoms with Crippen LogP contribution in [0.15, 0.2) is 0 Å². The SMILES string of the molecule is CC(C)[P+]1(C(C)C)[BH-](C(C)(C)C)[P+](C(C)C)(C(C)C)[B-]1(Cl)C(C)(C)C.CC(C)[P+]1(C(C)C)[BH-](C(C)(C)C)[P+](C(C)C)(C(C)C)[B-]1(Cl)C(C)(C)C. The molecule has 0 aromatic heterocycles. The summed E-state index contributed by atoms with van der Waals surface area (Å²) in [6.45, 7) is 70.7. The lowest BCUT2D eigenvalue weighted by molar-refractivity contribution is 0.738. The molecule has 0 aromatic carbocycles. The van der Waals surface area contributed by atoms with Gasteiger partial charge < -0.3 is 0 Å². The van der Waals surface area contributed by atoms with Gasteiger partial charge >= 0.3 is 10.0 Å². The van der Waals surface area contributed by atoms with Gasteiger partial charge in [-0.2, -0.15) is 0 Å². The largest absolute Gasteiger partial charge is 0.327 e. The average Bonchev–Trinajstić information content (AvgIpc) is 2.81. The molecule has 50 heavy (non-hydrogen) atoms. The van der Waals surface area contributed by atoms with Gasteiger partial charge in [0.05, 0.1) is 0 Å². The third-order valence-electron chi connectivity index (χ3n) is 16.4. The molecule has 0 aliphatic carbocycles. The van der Waals surface area contributed by atoms with Gasteiger partial charge in [-0.05, 0) is 156 Å². The summed E-state index contributed by atoms with van der Waals surface area (Å²) >= 11 is 16.4. The van der Waals surface area contributed by atoms with Crippen LogP contribution in [-0.2, 0) is 0 Å². The third kappa shape index (κ3) is 6.29. The summed E-state index contributed by atoms with van der Waals surface area (Å²) in [5.41, 5.74) is 6.07. The second-order valence-electron chi connectivity index (χ2n) is 24.9. The highest BCUT2D eigenvalue weighted by atomic mass is 35.5. The minimum Gasteiger partial charge on any atom is -0.294 e. The molecule has 0 saturated carbocycles. The Morgan fingerprint density at radius 3 is 0.500 bits per heavy atom. The summed E-state index contributed by atoms with van der Waals surface area (Å²) in [5, 5.41) is -0.421. The lowest BCUT2D eigenvalue weighted by Gasteiger charge is -2.86. The highest BCUT2D eigenvalue weighted by Gasteiger charge is 2.88. The molecule has 0 N–H and O–H groups in total. The topological polar surface area (TPSA) is 0 Å². The molecule has 300 valence electrons. The summed E-state index contributed by atoms with van der Waals surface area (Å²) in [6, 6.07) is 0. The highest BCUT2D eigenvalue weighted by Crippen LogP contribution is 3.12. The van der Waals surface area contributed by atoms with Gasteiger partial charge in [0.25, 0.3) is 0 Å². The van der Waals surface area contributed by atoms with Crippen molar-refractivity contribution in [1.29, 1.82) is 0 Å². The molecule has 0 aromatic rings. The molecule has 2 fully saturated rings. The lowest BCUT2D eigenvalue weighted by atomic mass is 9.66. The van der Waals surface area contributed by atoms with Crippen LogP contribution in [0.5, 0.6) is 0 Å². The van der Waals surface area contributed by atoms with E-state index in [2.05, 4.69) is 194 Å². The van der Waals surface area contributed by atoms with Gasteiger partial charge in [0.15, 0.2) is 0 Å². The predicted octanol–water partition coefficient (Wildman–Crippen LogP) is 17.3. The second kappa shape index (κ2) is 15.4. The molecule has 2 aliphatic heterocycles. The molecule has 2 rings (SSSR count). The molecule has 0 bridgehead atoms. The standard InChI is InChI=1S/2C20H47B2ClP2/c2*1-15(2)24(16(3)4)21(19(9,10)11)25(17(5)6,18(7)8)22(24,23)20(12,13)14/h2*15-18,21H,1-14H3. The average molecular weight is 813 g/mol. The van der Waals surface area contributed by atoms with Crippen molar-refractivity contribution in [1.82, 2.24) is 0 Å². The number of hydrogen-bond donors (Lipinski definition) is 0. The molecule has 0 spiro atoms. The van der Waals surface area contributed by atoms with Crippen LogP contribution in [0, 0.1) is 0 Å². The molecule has 2 saturated heterocycles. The van der Waals surface area contributed by atoms with Crippen LogP contribution >= 0.6 is 51.0 Å². The molecular formula is C40H94B4Cl2P4. The minimum absolute atomic E-state index is 0.223. The van der Waals surface area contributed by atoms with Gasteiger partial charge in [-0.1, -0.05) is 104 Å². The first-order chi connectivity index (χ1) is 21.8. The van der Waals surface area contributed by atoms with E-state index >= 15 is 0 Å². The Kier molecular flexibility index (Phi) is 15.6. The van der Waals surface area contributed by atoms with Crippen LogP contribution in [0.3, 0.4) is 0 Å². The van der Waals surface area contributed by atoms with E-state index < -0.39 is 38.1 Å². The first-order valence-electron chi connectivity index (χ1n) is 21.3. The summed E-state index contributed by atoms with van der Waals surface area (Å²) in [5.74, 6) is 0. The van der Waals surface area contributed by atoms with Crippen LogP contribution in [-0.4, -0.2) is 67.6 Å². The van der Waals surface area contributed by atoms with E-state index in [4.69, 9.17) is 22.9 Å². The fourth-order valence-corrected chi connectivity index (χ4v) is 85.6. The number of halogens is 2. The Balaban J connectivity index is 0.000000500. The van der Waals surface area contributed by atoms with Crippen molar-refractivity contribution in [3.05, 3.63) is 0 Å². The quantitative estimate of drug-likeness (QED) is 0.169. The zero-order chi connectivity index (χ0) is 40.8. The number of rotatable bonds is 8. The van der Waals surface area contributed by atoms with Crippen molar-refractivity contribution < 1.29 is 0 Å². The van der Waals surface area contributed by atoms with E-state index in [0.717, 1.165) is 45.3 Å². The van der Waals surface area contributed by atoms with E-state index in [9.17, 15) is 0 Å². The van der Waals surface area contributed by atoms with Gasteiger partial charge in [-0.3, -0.25) is 22.9 Å². The minimum atomic E-state index is -1.26. The molecule has 0 radical (unpaired) electrons. The maximum absolute atomic E-state index is 8.19. The van der Waals surface area contributed by atoms with Gasteiger partial charge in [0.2, 0.25) is 12.3 Å². The summed E-state index contributed by atoms with van der Waals surface area (Å²) in [6.07, 6.45) is -0.554. The highest BCUT2D eigenvalue weighted by molar-refractivity contribution is 8.79. The lowest BCUT2D eigenvalue weighted by Crippen LogP contribution is -2.70. The first kappa shape index (κ1) is 50.6. The van der Waals surface area contributed by atoms with E-state index in [1.165, 1.54) is 0 Å². The molecule has 0 nitrogen and oxygen atoms in total. The molecule has 2 aliphatic rings. The van der Waals surface area contributed by atoms with Crippen molar-refractivity contribution in [3.8, 4) is 0 Å². The van der Waals surface area contributed by atoms with E-state index in [0.29, 0.717) is 10.6 Å². The van der Waals surface area contributed by atoms with Crippen molar-refractivity contribution >= 4 is 73.3 Å². The van der Waals surface area contributed by atoms with Crippen LogP contribution in [0.4, 0.5) is 0 Å². The summed E-state index contributed by atoms with van der Waals surface area (Å²) in [4.78, 5) is 0. The van der Waals surface area contributed by atoms with Crippen molar-refractivity contribution in [2.45, 2.75) is 260 Å². The summed E-state index contributed by atoms with van der Waals surface area (Å²) < 4.78 is 0. The van der Waals surface area contributed by atoms with E-state index in [1.54, 1.807) is 0 Å². The molecule has 10 heteroatoms. The predicted molar refractivity (Wildman–Crippen MR) is 265 cm³/mol. The Morgan fingerprint density at radius 1 is 0.320 bits per heavy atom. The van der Waals surface area contributed by atoms with E-state index in [1.807, 2.05) is 0 Å². The Hall–Kier alpha value is 2.56. The zero-order valence-corrected chi connectivity index (χ0v) is 44.8. The van der Waals surface area contributed by atoms with Gasteiger partial charge in [-0.25, -0.2) is 28.1 Å². The smallest absolute Gasteiger partial charge is 0.294 e. The molecular weight excluding hydrogens is 718 g/mol. The molecule has 0 atom stereocenters. The molecule has 0 amide bonds.